The third-order valence-corrected chi connectivity index (χ3v) is 5.11. The lowest BCUT2D eigenvalue weighted by Gasteiger charge is -2.26. The molecule has 1 amide bonds. The lowest BCUT2D eigenvalue weighted by Crippen LogP contribution is -2.30. The highest BCUT2D eigenvalue weighted by molar-refractivity contribution is 5.89. The maximum atomic E-state index is 12.4. The normalized spacial score (nSPS) is 18.3. The summed E-state index contributed by atoms with van der Waals surface area (Å²) in [6.07, 6.45) is 6.37. The Morgan fingerprint density at radius 1 is 1.36 bits per heavy atom. The van der Waals surface area contributed by atoms with E-state index in [-0.39, 0.29) is 24.5 Å². The number of amides is 1. The third kappa shape index (κ3) is 6.39. The molecule has 0 aromatic heterocycles. The van der Waals surface area contributed by atoms with Gasteiger partial charge in [0.15, 0.2) is 0 Å². The summed E-state index contributed by atoms with van der Waals surface area (Å²) in [5.74, 6) is 0.799. The number of nitrogens with two attached hydrogens (primary N) is 1. The number of rotatable bonds is 8. The minimum atomic E-state index is -0.305. The number of ether oxygens (including phenoxy) is 1. The fourth-order valence-corrected chi connectivity index (χ4v) is 2.93. The second-order valence-corrected chi connectivity index (χ2v) is 8.13. The Bertz CT molecular complexity index is 697. The van der Waals surface area contributed by atoms with E-state index in [0.29, 0.717) is 12.5 Å². The summed E-state index contributed by atoms with van der Waals surface area (Å²) in [5, 5.41) is 0. The number of allylic oxidation sites excluding steroid dienone is 5. The second-order valence-electron chi connectivity index (χ2n) is 8.13. The Balaban J connectivity index is 3.11. The van der Waals surface area contributed by atoms with E-state index in [1.165, 1.54) is 0 Å². The number of nitrogens with zero attached hydrogens (tertiary/aromatic N) is 2. The highest BCUT2D eigenvalue weighted by atomic mass is 16.6. The first-order valence-corrected chi connectivity index (χ1v) is 10.00. The van der Waals surface area contributed by atoms with Gasteiger partial charge in [0.25, 0.3) is 0 Å². The molecule has 1 unspecified atom stereocenters. The van der Waals surface area contributed by atoms with Gasteiger partial charge in [0, 0.05) is 44.0 Å². The van der Waals surface area contributed by atoms with E-state index >= 15 is 0 Å². The number of hydrogen-bond donors (Lipinski definition) is 1. The van der Waals surface area contributed by atoms with Crippen LogP contribution >= 0.6 is 0 Å². The molecule has 5 nitrogen and oxygen atoms in total. The number of carbonyl (C=O) groups excluding carboxylic acids is 1. The van der Waals surface area contributed by atoms with Crippen molar-refractivity contribution in [1.82, 2.24) is 4.90 Å². The van der Waals surface area contributed by atoms with Crippen molar-refractivity contribution in [2.24, 2.45) is 28.5 Å². The van der Waals surface area contributed by atoms with Crippen LogP contribution in [-0.4, -0.2) is 44.5 Å². The van der Waals surface area contributed by atoms with Crippen LogP contribution in [0.2, 0.25) is 0 Å². The molecule has 1 aliphatic rings. The third-order valence-electron chi connectivity index (χ3n) is 5.11. The molecule has 1 rings (SSSR count). The molecule has 0 aromatic rings. The molecule has 0 aromatic carbocycles. The summed E-state index contributed by atoms with van der Waals surface area (Å²) in [5.41, 5.74) is 10.8. The van der Waals surface area contributed by atoms with Gasteiger partial charge in [-0.3, -0.25) is 4.99 Å². The molecule has 156 valence electrons. The fraction of sp³-hybridized carbons (Fsp3) is 0.565. The summed E-state index contributed by atoms with van der Waals surface area (Å²) < 4.78 is 5.63. The van der Waals surface area contributed by atoms with Crippen LogP contribution in [0.5, 0.6) is 0 Å². The van der Waals surface area contributed by atoms with Crippen LogP contribution in [0.15, 0.2) is 51.7 Å². The van der Waals surface area contributed by atoms with Crippen molar-refractivity contribution in [2.45, 2.75) is 41.0 Å². The van der Waals surface area contributed by atoms with E-state index in [4.69, 9.17) is 10.5 Å². The molecule has 0 radical (unpaired) electrons. The monoisotopic (exact) mass is 387 g/mol. The zero-order valence-corrected chi connectivity index (χ0v) is 18.6. The Hall–Kier alpha value is -2.30. The van der Waals surface area contributed by atoms with E-state index in [1.54, 1.807) is 19.0 Å². The van der Waals surface area contributed by atoms with Crippen molar-refractivity contribution in [3.05, 3.63) is 46.7 Å². The molecule has 5 heteroatoms. The van der Waals surface area contributed by atoms with Gasteiger partial charge in [-0.05, 0) is 41.1 Å². The molecule has 0 heterocycles. The Morgan fingerprint density at radius 2 is 2.00 bits per heavy atom. The van der Waals surface area contributed by atoms with Crippen molar-refractivity contribution >= 4 is 12.3 Å². The minimum Gasteiger partial charge on any atom is -0.445 e. The Kier molecular flexibility index (Phi) is 9.23. The van der Waals surface area contributed by atoms with Crippen LogP contribution in [0.1, 0.15) is 41.0 Å². The fourth-order valence-electron chi connectivity index (χ4n) is 2.93. The first kappa shape index (κ1) is 23.7. The van der Waals surface area contributed by atoms with Crippen LogP contribution in [0.3, 0.4) is 0 Å². The van der Waals surface area contributed by atoms with Gasteiger partial charge in [-0.1, -0.05) is 47.3 Å². The number of aliphatic imine (C=N–C) groups is 1. The molecule has 0 spiro atoms. The van der Waals surface area contributed by atoms with Crippen molar-refractivity contribution in [1.29, 1.82) is 0 Å². The van der Waals surface area contributed by atoms with E-state index in [1.807, 2.05) is 25.3 Å². The molecule has 0 saturated heterocycles. The van der Waals surface area contributed by atoms with E-state index < -0.39 is 0 Å². The Labute approximate surface area is 170 Å². The average Bonchev–Trinajstić information content (AvgIpc) is 2.63. The Morgan fingerprint density at radius 3 is 2.54 bits per heavy atom. The lowest BCUT2D eigenvalue weighted by molar-refractivity contribution is 0.116. The number of hydrogen-bond acceptors (Lipinski definition) is 4. The van der Waals surface area contributed by atoms with Gasteiger partial charge < -0.3 is 15.4 Å². The maximum absolute atomic E-state index is 12.4. The van der Waals surface area contributed by atoms with Gasteiger partial charge in [-0.25, -0.2) is 4.79 Å². The summed E-state index contributed by atoms with van der Waals surface area (Å²) >= 11 is 0. The van der Waals surface area contributed by atoms with Crippen molar-refractivity contribution in [2.75, 3.05) is 27.2 Å². The molecule has 0 aliphatic heterocycles. The predicted octanol–water partition coefficient (Wildman–Crippen LogP) is 4.73. The van der Waals surface area contributed by atoms with Gasteiger partial charge in [0.1, 0.15) is 6.61 Å². The average molecular weight is 388 g/mol. The summed E-state index contributed by atoms with van der Waals surface area (Å²) in [7, 11) is 3.52. The summed E-state index contributed by atoms with van der Waals surface area (Å²) in [4.78, 5) is 18.3. The number of carbonyl (C=O) groups is 1. The van der Waals surface area contributed by atoms with E-state index in [9.17, 15) is 4.79 Å². The van der Waals surface area contributed by atoms with Crippen LogP contribution in [0.4, 0.5) is 4.79 Å². The minimum absolute atomic E-state index is 0.0679. The molecule has 0 fully saturated rings. The molecular formula is C23H37N3O2. The predicted molar refractivity (Wildman–Crippen MR) is 118 cm³/mol. The zero-order valence-electron chi connectivity index (χ0n) is 18.6. The topological polar surface area (TPSA) is 67.9 Å². The highest BCUT2D eigenvalue weighted by Gasteiger charge is 2.23. The molecule has 0 bridgehead atoms. The summed E-state index contributed by atoms with van der Waals surface area (Å²) in [6.45, 7) is 15.7. The second kappa shape index (κ2) is 10.9. The quantitative estimate of drug-likeness (QED) is 0.612. The van der Waals surface area contributed by atoms with Gasteiger partial charge >= 0.3 is 6.09 Å². The van der Waals surface area contributed by atoms with Crippen LogP contribution < -0.4 is 5.73 Å². The molecule has 28 heavy (non-hydrogen) atoms. The van der Waals surface area contributed by atoms with Crippen molar-refractivity contribution in [3.63, 3.8) is 0 Å². The van der Waals surface area contributed by atoms with Gasteiger partial charge in [-0.15, -0.1) is 0 Å². The zero-order chi connectivity index (χ0) is 21.4. The van der Waals surface area contributed by atoms with Gasteiger partial charge in [0.05, 0.1) is 0 Å². The molecule has 2 N–H and O–H groups in total. The van der Waals surface area contributed by atoms with Crippen LogP contribution in [-0.2, 0) is 4.74 Å². The van der Waals surface area contributed by atoms with Gasteiger partial charge in [-0.2, -0.15) is 0 Å². The van der Waals surface area contributed by atoms with Crippen molar-refractivity contribution in [3.8, 4) is 0 Å². The smallest absolute Gasteiger partial charge is 0.409 e. The SMILES string of the molecule is C=C1C(/C(C=NC)=C(\COC(=O)N(C)CCC(C)C)C(C)C)=CC=C(N)C1C. The van der Waals surface area contributed by atoms with Crippen molar-refractivity contribution < 1.29 is 9.53 Å². The first-order chi connectivity index (χ1) is 13.1. The molecule has 0 saturated carbocycles. The highest BCUT2D eigenvalue weighted by Crippen LogP contribution is 2.33. The molecule has 1 aliphatic carbocycles. The van der Waals surface area contributed by atoms with E-state index in [0.717, 1.165) is 34.4 Å². The molecular weight excluding hydrogens is 350 g/mol. The standard InChI is InChI=1S/C23H37N3O2/c1-15(2)11-12-26(8)23(27)28-14-21(16(3)4)20(13-25-7)19-9-10-22(24)18(6)17(19)5/h9-10,13,15-16,18H,5,11-12,14,24H2,1-4,6-8H3/b21-20+,25-13?. The largest absolute Gasteiger partial charge is 0.445 e. The van der Waals surface area contributed by atoms with Gasteiger partial charge in [0.2, 0.25) is 0 Å². The first-order valence-electron chi connectivity index (χ1n) is 10.00. The summed E-state index contributed by atoms with van der Waals surface area (Å²) in [6, 6.07) is 0. The van der Waals surface area contributed by atoms with Crippen LogP contribution in [0, 0.1) is 17.8 Å². The maximum Gasteiger partial charge on any atom is 0.409 e. The lowest BCUT2D eigenvalue weighted by atomic mass is 9.82. The van der Waals surface area contributed by atoms with Crippen LogP contribution in [0.25, 0.3) is 0 Å². The molecule has 1 atom stereocenters. The van der Waals surface area contributed by atoms with E-state index in [2.05, 4.69) is 39.3 Å².